The quantitative estimate of drug-likeness (QED) is 0.563. The molecule has 0 radical (unpaired) electrons. The number of ether oxygens (including phenoxy) is 2. The van der Waals surface area contributed by atoms with Gasteiger partial charge in [0.1, 0.15) is 5.60 Å². The highest BCUT2D eigenvalue weighted by Gasteiger charge is 2.46. The molecule has 5 nitrogen and oxygen atoms in total. The summed E-state index contributed by atoms with van der Waals surface area (Å²) in [7, 11) is 1.54. The van der Waals surface area contributed by atoms with Crippen LogP contribution in [0.3, 0.4) is 0 Å². The monoisotopic (exact) mass is 243 g/mol. The first-order valence-corrected chi connectivity index (χ1v) is 5.75. The zero-order valence-electron chi connectivity index (χ0n) is 11.2. The summed E-state index contributed by atoms with van der Waals surface area (Å²) in [6.07, 6.45) is 1.23. The van der Waals surface area contributed by atoms with Crippen LogP contribution in [0.1, 0.15) is 40.5 Å². The van der Waals surface area contributed by atoms with Crippen LogP contribution in [0.25, 0.3) is 0 Å². The minimum absolute atomic E-state index is 0.0661. The lowest BCUT2D eigenvalue weighted by atomic mass is 10.1. The van der Waals surface area contributed by atoms with Gasteiger partial charge in [0, 0.05) is 7.05 Å². The summed E-state index contributed by atoms with van der Waals surface area (Å²) >= 11 is 0. The van der Waals surface area contributed by atoms with E-state index in [2.05, 4.69) is 0 Å². The molecule has 1 aliphatic rings. The average Bonchev–Trinajstić information content (AvgIpc) is 2.91. The summed E-state index contributed by atoms with van der Waals surface area (Å²) in [5.41, 5.74) is -0.868. The first kappa shape index (κ1) is 13.8. The van der Waals surface area contributed by atoms with Gasteiger partial charge in [0.05, 0.1) is 5.41 Å². The summed E-state index contributed by atoms with van der Waals surface area (Å²) in [4.78, 5) is 24.3. The van der Waals surface area contributed by atoms with E-state index < -0.39 is 11.7 Å². The SMILES string of the molecule is CN(COC(=O)C1(C)CC1)C(=O)OC(C)(C)C. The summed E-state index contributed by atoms with van der Waals surface area (Å²) in [6.45, 7) is 7.16. The van der Waals surface area contributed by atoms with Crippen LogP contribution in [-0.2, 0) is 14.3 Å². The van der Waals surface area contributed by atoms with E-state index in [-0.39, 0.29) is 18.1 Å². The molecule has 0 aromatic rings. The maximum atomic E-state index is 11.5. The Morgan fingerprint density at radius 1 is 1.29 bits per heavy atom. The molecular formula is C12H21NO4. The molecule has 98 valence electrons. The van der Waals surface area contributed by atoms with Crippen LogP contribution in [0.4, 0.5) is 4.79 Å². The third-order valence-electron chi connectivity index (χ3n) is 2.59. The van der Waals surface area contributed by atoms with Crippen molar-refractivity contribution in [2.24, 2.45) is 5.41 Å². The number of amides is 1. The minimum Gasteiger partial charge on any atom is -0.444 e. The molecule has 1 saturated carbocycles. The largest absolute Gasteiger partial charge is 0.444 e. The molecular weight excluding hydrogens is 222 g/mol. The van der Waals surface area contributed by atoms with Gasteiger partial charge in [-0.15, -0.1) is 0 Å². The van der Waals surface area contributed by atoms with Gasteiger partial charge in [-0.3, -0.25) is 9.69 Å². The van der Waals surface area contributed by atoms with E-state index in [1.165, 1.54) is 11.9 Å². The normalized spacial score (nSPS) is 17.2. The lowest BCUT2D eigenvalue weighted by molar-refractivity contribution is -0.153. The van der Waals surface area contributed by atoms with Crippen LogP contribution in [-0.4, -0.2) is 36.3 Å². The van der Waals surface area contributed by atoms with Gasteiger partial charge in [0.25, 0.3) is 0 Å². The summed E-state index contributed by atoms with van der Waals surface area (Å²) < 4.78 is 10.2. The fraction of sp³-hybridized carbons (Fsp3) is 0.833. The number of hydrogen-bond donors (Lipinski definition) is 0. The fourth-order valence-electron chi connectivity index (χ4n) is 1.11. The molecule has 0 saturated heterocycles. The Morgan fingerprint density at radius 3 is 2.24 bits per heavy atom. The van der Waals surface area contributed by atoms with E-state index in [0.29, 0.717) is 0 Å². The molecule has 5 heteroatoms. The summed E-state index contributed by atoms with van der Waals surface area (Å²) in [5, 5.41) is 0. The standard InChI is InChI=1S/C12H21NO4/c1-11(2,3)17-10(15)13(5)8-16-9(14)12(4)6-7-12/h6-8H2,1-5H3. The molecule has 17 heavy (non-hydrogen) atoms. The zero-order chi connectivity index (χ0) is 13.3. The van der Waals surface area contributed by atoms with Crippen molar-refractivity contribution < 1.29 is 19.1 Å². The molecule has 0 atom stereocenters. The van der Waals surface area contributed by atoms with Crippen molar-refractivity contribution in [2.45, 2.75) is 46.1 Å². The van der Waals surface area contributed by atoms with Crippen molar-refractivity contribution in [1.82, 2.24) is 4.90 Å². The first-order chi connectivity index (χ1) is 7.64. The maximum absolute atomic E-state index is 11.5. The molecule has 0 aromatic heterocycles. The second kappa shape index (κ2) is 4.55. The van der Waals surface area contributed by atoms with Crippen molar-refractivity contribution in [3.05, 3.63) is 0 Å². The Kier molecular flexibility index (Phi) is 3.69. The van der Waals surface area contributed by atoms with Crippen molar-refractivity contribution in [1.29, 1.82) is 0 Å². The van der Waals surface area contributed by atoms with Crippen LogP contribution in [0.5, 0.6) is 0 Å². The third-order valence-corrected chi connectivity index (χ3v) is 2.59. The molecule has 0 aliphatic heterocycles. The number of carbonyl (C=O) groups is 2. The molecule has 0 unspecified atom stereocenters. The highest BCUT2D eigenvalue weighted by molar-refractivity contribution is 5.79. The van der Waals surface area contributed by atoms with Crippen molar-refractivity contribution in [3.63, 3.8) is 0 Å². The predicted molar refractivity (Wildman–Crippen MR) is 62.3 cm³/mol. The molecule has 1 amide bonds. The molecule has 1 fully saturated rings. The van der Waals surface area contributed by atoms with E-state index in [1.54, 1.807) is 20.8 Å². The first-order valence-electron chi connectivity index (χ1n) is 5.75. The number of rotatable bonds is 3. The summed E-state index contributed by atoms with van der Waals surface area (Å²) in [6, 6.07) is 0. The van der Waals surface area contributed by atoms with Gasteiger partial charge in [0.2, 0.25) is 0 Å². The van der Waals surface area contributed by atoms with Crippen molar-refractivity contribution in [3.8, 4) is 0 Å². The fourth-order valence-corrected chi connectivity index (χ4v) is 1.11. The van der Waals surface area contributed by atoms with Gasteiger partial charge in [-0.25, -0.2) is 4.79 Å². The van der Waals surface area contributed by atoms with Crippen molar-refractivity contribution in [2.75, 3.05) is 13.8 Å². The predicted octanol–water partition coefficient (Wildman–Crippen LogP) is 2.15. The Labute approximate surface area is 102 Å². The Balaban J connectivity index is 2.31. The molecule has 1 aliphatic carbocycles. The Bertz CT molecular complexity index is 315. The minimum atomic E-state index is -0.544. The van der Waals surface area contributed by atoms with Crippen LogP contribution in [0.15, 0.2) is 0 Å². The average molecular weight is 243 g/mol. The van der Waals surface area contributed by atoms with Gasteiger partial charge in [-0.2, -0.15) is 0 Å². The molecule has 0 heterocycles. The smallest absolute Gasteiger partial charge is 0.412 e. The highest BCUT2D eigenvalue weighted by atomic mass is 16.6. The Hall–Kier alpha value is -1.26. The van der Waals surface area contributed by atoms with Gasteiger partial charge in [0.15, 0.2) is 6.73 Å². The van der Waals surface area contributed by atoms with Crippen LogP contribution in [0, 0.1) is 5.41 Å². The molecule has 0 N–H and O–H groups in total. The van der Waals surface area contributed by atoms with E-state index >= 15 is 0 Å². The van der Waals surface area contributed by atoms with Crippen LogP contribution >= 0.6 is 0 Å². The lowest BCUT2D eigenvalue weighted by Gasteiger charge is -2.24. The number of hydrogen-bond acceptors (Lipinski definition) is 4. The van der Waals surface area contributed by atoms with Gasteiger partial charge in [-0.1, -0.05) is 0 Å². The van der Waals surface area contributed by atoms with Crippen LogP contribution in [0.2, 0.25) is 0 Å². The Morgan fingerprint density at radius 2 is 1.82 bits per heavy atom. The zero-order valence-corrected chi connectivity index (χ0v) is 11.2. The second-order valence-corrected chi connectivity index (χ2v) is 5.80. The molecule has 0 bridgehead atoms. The third kappa shape index (κ3) is 4.24. The number of esters is 1. The summed E-state index contributed by atoms with van der Waals surface area (Å²) in [5.74, 6) is -0.243. The topological polar surface area (TPSA) is 55.8 Å². The van der Waals surface area contributed by atoms with Gasteiger partial charge >= 0.3 is 12.1 Å². The molecule has 0 spiro atoms. The van der Waals surface area contributed by atoms with Crippen molar-refractivity contribution >= 4 is 12.1 Å². The lowest BCUT2D eigenvalue weighted by Crippen LogP contribution is -2.36. The van der Waals surface area contributed by atoms with Gasteiger partial charge in [-0.05, 0) is 40.5 Å². The van der Waals surface area contributed by atoms with Gasteiger partial charge < -0.3 is 9.47 Å². The maximum Gasteiger partial charge on any atom is 0.412 e. The van der Waals surface area contributed by atoms with Crippen LogP contribution < -0.4 is 0 Å². The number of nitrogens with zero attached hydrogens (tertiary/aromatic N) is 1. The van der Waals surface area contributed by atoms with E-state index in [1.807, 2.05) is 6.92 Å². The highest BCUT2D eigenvalue weighted by Crippen LogP contribution is 2.45. The molecule has 0 aromatic carbocycles. The van der Waals surface area contributed by atoms with E-state index in [0.717, 1.165) is 12.8 Å². The van der Waals surface area contributed by atoms with E-state index in [4.69, 9.17) is 9.47 Å². The van der Waals surface area contributed by atoms with E-state index in [9.17, 15) is 9.59 Å². The molecule has 1 rings (SSSR count). The second-order valence-electron chi connectivity index (χ2n) is 5.80. The number of carbonyl (C=O) groups excluding carboxylic acids is 2.